The Bertz CT molecular complexity index is 1330. The van der Waals surface area contributed by atoms with Crippen LogP contribution in [0.15, 0.2) is 57.6 Å². The Balaban J connectivity index is 1.22. The molecule has 0 spiro atoms. The predicted octanol–water partition coefficient (Wildman–Crippen LogP) is 6.97. The summed E-state index contributed by atoms with van der Waals surface area (Å²) in [4.78, 5) is 0. The highest BCUT2D eigenvalue weighted by molar-refractivity contribution is 5.75. The van der Waals surface area contributed by atoms with E-state index >= 15 is 0 Å². The van der Waals surface area contributed by atoms with Crippen LogP contribution in [0, 0.1) is 27.7 Å². The van der Waals surface area contributed by atoms with Gasteiger partial charge in [-0.3, -0.25) is 0 Å². The molecular formula is C32H40N2O6. The molecule has 0 fully saturated rings. The molecular weight excluding hydrogens is 508 g/mol. The Morgan fingerprint density at radius 1 is 0.625 bits per heavy atom. The number of aromatic nitrogens is 2. The van der Waals surface area contributed by atoms with Crippen LogP contribution in [-0.2, 0) is 22.5 Å². The third-order valence-electron chi connectivity index (χ3n) is 6.38. The first-order valence-corrected chi connectivity index (χ1v) is 13.9. The molecule has 0 amide bonds. The van der Waals surface area contributed by atoms with Crippen molar-refractivity contribution in [2.75, 3.05) is 33.0 Å². The van der Waals surface area contributed by atoms with E-state index in [1.54, 1.807) is 0 Å². The monoisotopic (exact) mass is 548 g/mol. The van der Waals surface area contributed by atoms with E-state index in [0.717, 1.165) is 71.2 Å². The molecule has 2 heterocycles. The number of ether oxygens (including phenoxy) is 4. The van der Waals surface area contributed by atoms with Gasteiger partial charge in [-0.15, -0.1) is 0 Å². The Labute approximate surface area is 236 Å². The van der Waals surface area contributed by atoms with E-state index in [-0.39, 0.29) is 0 Å². The lowest BCUT2D eigenvalue weighted by atomic mass is 9.98. The lowest BCUT2D eigenvalue weighted by Crippen LogP contribution is -2.06. The molecule has 2 aromatic carbocycles. The Kier molecular flexibility index (Phi) is 11.2. The van der Waals surface area contributed by atoms with Crippen LogP contribution < -0.4 is 9.47 Å². The van der Waals surface area contributed by atoms with Gasteiger partial charge in [0.1, 0.15) is 28.7 Å². The van der Waals surface area contributed by atoms with Gasteiger partial charge in [-0.1, -0.05) is 28.0 Å². The summed E-state index contributed by atoms with van der Waals surface area (Å²) in [5, 5.41) is 7.93. The zero-order valence-electron chi connectivity index (χ0n) is 24.0. The van der Waals surface area contributed by atoms with Crippen molar-refractivity contribution in [3.63, 3.8) is 0 Å². The minimum atomic E-state index is 0.469. The van der Waals surface area contributed by atoms with E-state index in [4.69, 9.17) is 28.0 Å². The first-order valence-electron chi connectivity index (χ1n) is 13.9. The molecule has 4 aromatic rings. The normalized spacial score (nSPS) is 11.2. The molecule has 0 saturated heterocycles. The first kappa shape index (κ1) is 29.4. The van der Waals surface area contributed by atoms with Crippen molar-refractivity contribution in [3.05, 3.63) is 82.6 Å². The minimum Gasteiger partial charge on any atom is -0.494 e. The van der Waals surface area contributed by atoms with Gasteiger partial charge in [0.2, 0.25) is 0 Å². The average molecular weight is 549 g/mol. The number of benzene rings is 2. The van der Waals surface area contributed by atoms with Crippen molar-refractivity contribution in [1.82, 2.24) is 10.3 Å². The maximum absolute atomic E-state index is 6.21. The summed E-state index contributed by atoms with van der Waals surface area (Å²) in [6, 6.07) is 16.4. The minimum absolute atomic E-state index is 0.469. The fourth-order valence-corrected chi connectivity index (χ4v) is 4.28. The van der Waals surface area contributed by atoms with Gasteiger partial charge in [0.15, 0.2) is 0 Å². The largest absolute Gasteiger partial charge is 0.494 e. The number of rotatable bonds is 17. The highest BCUT2D eigenvalue weighted by Crippen LogP contribution is 2.35. The third-order valence-corrected chi connectivity index (χ3v) is 6.38. The van der Waals surface area contributed by atoms with Crippen molar-refractivity contribution >= 4 is 0 Å². The fraction of sp³-hybridized carbons (Fsp3) is 0.438. The molecule has 0 radical (unpaired) electrons. The first-order chi connectivity index (χ1) is 19.5. The molecule has 4 rings (SSSR count). The predicted molar refractivity (Wildman–Crippen MR) is 153 cm³/mol. The maximum Gasteiger partial charge on any atom is 0.134 e. The highest BCUT2D eigenvalue weighted by Gasteiger charge is 2.12. The number of nitrogens with zero attached hydrogens (tertiary/aromatic N) is 2. The van der Waals surface area contributed by atoms with Crippen LogP contribution in [0.3, 0.4) is 0 Å². The van der Waals surface area contributed by atoms with Gasteiger partial charge in [0.05, 0.1) is 32.1 Å². The van der Waals surface area contributed by atoms with Crippen molar-refractivity contribution in [2.24, 2.45) is 0 Å². The van der Waals surface area contributed by atoms with Gasteiger partial charge in [0.25, 0.3) is 0 Å². The van der Waals surface area contributed by atoms with Crippen molar-refractivity contribution in [2.45, 2.75) is 60.0 Å². The Morgan fingerprint density at radius 3 is 2.12 bits per heavy atom. The second-order valence-electron chi connectivity index (χ2n) is 10.0. The van der Waals surface area contributed by atoms with Gasteiger partial charge in [0, 0.05) is 43.8 Å². The number of hydrogen-bond acceptors (Lipinski definition) is 8. The summed E-state index contributed by atoms with van der Waals surface area (Å²) < 4.78 is 33.9. The van der Waals surface area contributed by atoms with Crippen LogP contribution in [0.5, 0.6) is 11.5 Å². The van der Waals surface area contributed by atoms with E-state index in [0.29, 0.717) is 39.6 Å². The topological polar surface area (TPSA) is 89.0 Å². The lowest BCUT2D eigenvalue weighted by molar-refractivity contribution is 0.109. The van der Waals surface area contributed by atoms with Gasteiger partial charge in [-0.2, -0.15) is 0 Å². The van der Waals surface area contributed by atoms with Crippen LogP contribution in [-0.4, -0.2) is 43.3 Å². The second kappa shape index (κ2) is 15.2. The van der Waals surface area contributed by atoms with E-state index < -0.39 is 0 Å². The highest BCUT2D eigenvalue weighted by atomic mass is 16.5. The molecule has 0 aliphatic heterocycles. The van der Waals surface area contributed by atoms with Crippen molar-refractivity contribution in [1.29, 1.82) is 0 Å². The standard InChI is InChI=1S/C32H40N2O6/c1-23-8-11-32(38-16-7-14-35-17-12-27-19-25(3)39-33-27)31(18-23)30-21-29(10-9-24(30)2)37-15-6-5-13-36-22-28-20-26(4)40-34-28/h8-11,18-21H,5-7,12-17,22H2,1-4H3. The lowest BCUT2D eigenvalue weighted by Gasteiger charge is -2.16. The molecule has 8 heteroatoms. The quantitative estimate of drug-likeness (QED) is 0.131. The summed E-state index contributed by atoms with van der Waals surface area (Å²) >= 11 is 0. The second-order valence-corrected chi connectivity index (χ2v) is 10.0. The van der Waals surface area contributed by atoms with Crippen LogP contribution in [0.1, 0.15) is 53.3 Å². The van der Waals surface area contributed by atoms with E-state index in [9.17, 15) is 0 Å². The van der Waals surface area contributed by atoms with Crippen LogP contribution >= 0.6 is 0 Å². The summed E-state index contributed by atoms with van der Waals surface area (Å²) in [5.41, 5.74) is 6.28. The average Bonchev–Trinajstić information content (AvgIpc) is 3.56. The number of hydrogen-bond donors (Lipinski definition) is 0. The summed E-state index contributed by atoms with van der Waals surface area (Å²) in [6.45, 7) is 11.5. The van der Waals surface area contributed by atoms with Crippen LogP contribution in [0.2, 0.25) is 0 Å². The molecule has 0 atom stereocenters. The van der Waals surface area contributed by atoms with E-state index in [1.807, 2.05) is 38.1 Å². The van der Waals surface area contributed by atoms with Gasteiger partial charge < -0.3 is 28.0 Å². The van der Waals surface area contributed by atoms with Crippen molar-refractivity contribution in [3.8, 4) is 22.6 Å². The van der Waals surface area contributed by atoms with Crippen molar-refractivity contribution < 1.29 is 28.0 Å². The fourth-order valence-electron chi connectivity index (χ4n) is 4.28. The molecule has 8 nitrogen and oxygen atoms in total. The zero-order valence-corrected chi connectivity index (χ0v) is 24.0. The molecule has 40 heavy (non-hydrogen) atoms. The maximum atomic E-state index is 6.21. The summed E-state index contributed by atoms with van der Waals surface area (Å²) in [7, 11) is 0. The summed E-state index contributed by atoms with van der Waals surface area (Å²) in [6.07, 6.45) is 3.36. The van der Waals surface area contributed by atoms with Crippen LogP contribution in [0.4, 0.5) is 0 Å². The molecule has 0 N–H and O–H groups in total. The van der Waals surface area contributed by atoms with Gasteiger partial charge in [-0.05, 0) is 75.9 Å². The molecule has 214 valence electrons. The molecule has 0 aliphatic rings. The van der Waals surface area contributed by atoms with E-state index in [2.05, 4.69) is 48.4 Å². The summed E-state index contributed by atoms with van der Waals surface area (Å²) in [5.74, 6) is 3.33. The Hall–Kier alpha value is -3.62. The number of aryl methyl sites for hydroxylation is 4. The molecule has 0 saturated carbocycles. The van der Waals surface area contributed by atoms with E-state index in [1.165, 1.54) is 11.1 Å². The van der Waals surface area contributed by atoms with Gasteiger partial charge in [-0.25, -0.2) is 0 Å². The third kappa shape index (κ3) is 9.24. The number of unbranched alkanes of at least 4 members (excludes halogenated alkanes) is 1. The molecule has 2 aromatic heterocycles. The van der Waals surface area contributed by atoms with Crippen LogP contribution in [0.25, 0.3) is 11.1 Å². The molecule has 0 unspecified atom stereocenters. The molecule has 0 aliphatic carbocycles. The molecule has 0 bridgehead atoms. The SMILES string of the molecule is Cc1ccc(OCCCOCCc2cc(C)on2)c(-c2cc(OCCCCOCc3cc(C)on3)ccc2C)c1. The smallest absolute Gasteiger partial charge is 0.134 e. The Morgan fingerprint density at radius 2 is 1.35 bits per heavy atom. The zero-order chi connectivity index (χ0) is 28.2. The van der Waals surface area contributed by atoms with Gasteiger partial charge >= 0.3 is 0 Å².